The van der Waals surface area contributed by atoms with Crippen LogP contribution in [-0.4, -0.2) is 13.3 Å². The van der Waals surface area contributed by atoms with E-state index in [9.17, 15) is 22.9 Å². The number of nitro groups is 1. The summed E-state index contributed by atoms with van der Waals surface area (Å²) < 4.78 is 39.9. The third kappa shape index (κ3) is 4.01. The molecule has 0 saturated carbocycles. The molecule has 0 aliphatic heterocycles. The fourth-order valence-electron chi connectivity index (χ4n) is 1.79. The molecule has 22 heavy (non-hydrogen) atoms. The van der Waals surface area contributed by atoms with Crippen LogP contribution in [0.25, 0.3) is 0 Å². The molecule has 0 atom stereocenters. The van der Waals surface area contributed by atoms with Gasteiger partial charge in [0.2, 0.25) is 10.0 Å². The maximum atomic E-state index is 13.4. The summed E-state index contributed by atoms with van der Waals surface area (Å²) in [5.41, 5.74) is -0.188. The SMILES string of the molecule is O=[N+]([O-])c1ccccc1CS(=O)(=O)Nc1ccc(Br)c(F)c1. The van der Waals surface area contributed by atoms with Gasteiger partial charge in [-0.2, -0.15) is 0 Å². The number of halogens is 2. The smallest absolute Gasteiger partial charge is 0.273 e. The van der Waals surface area contributed by atoms with E-state index in [2.05, 4.69) is 20.7 Å². The molecule has 6 nitrogen and oxygen atoms in total. The van der Waals surface area contributed by atoms with E-state index in [0.29, 0.717) is 0 Å². The van der Waals surface area contributed by atoms with Crippen LogP contribution in [0.4, 0.5) is 15.8 Å². The monoisotopic (exact) mass is 388 g/mol. The van der Waals surface area contributed by atoms with E-state index in [-0.39, 0.29) is 21.4 Å². The zero-order valence-corrected chi connectivity index (χ0v) is 13.4. The van der Waals surface area contributed by atoms with Gasteiger partial charge in [-0.1, -0.05) is 18.2 Å². The van der Waals surface area contributed by atoms with Crippen LogP contribution in [0.3, 0.4) is 0 Å². The average Bonchev–Trinajstić information content (AvgIpc) is 2.42. The lowest BCUT2D eigenvalue weighted by atomic mass is 10.2. The van der Waals surface area contributed by atoms with Crippen molar-refractivity contribution in [3.63, 3.8) is 0 Å². The second-order valence-corrected chi connectivity index (χ2v) is 6.95. The van der Waals surface area contributed by atoms with E-state index >= 15 is 0 Å². The number of hydrogen-bond acceptors (Lipinski definition) is 4. The van der Waals surface area contributed by atoms with Gasteiger partial charge in [-0.05, 0) is 34.1 Å². The summed E-state index contributed by atoms with van der Waals surface area (Å²) in [6.45, 7) is 0. The molecule has 0 saturated heterocycles. The fourth-order valence-corrected chi connectivity index (χ4v) is 3.25. The molecule has 0 radical (unpaired) electrons. The number of benzene rings is 2. The molecule has 0 aromatic heterocycles. The quantitative estimate of drug-likeness (QED) is 0.627. The minimum atomic E-state index is -3.91. The lowest BCUT2D eigenvalue weighted by Crippen LogP contribution is -2.16. The van der Waals surface area contributed by atoms with Crippen molar-refractivity contribution in [1.29, 1.82) is 0 Å². The van der Waals surface area contributed by atoms with Crippen molar-refractivity contribution < 1.29 is 17.7 Å². The van der Waals surface area contributed by atoms with Crippen LogP contribution < -0.4 is 4.72 Å². The summed E-state index contributed by atoms with van der Waals surface area (Å²) in [5.74, 6) is -1.20. The number of nitro benzene ring substituents is 1. The van der Waals surface area contributed by atoms with E-state index in [4.69, 9.17) is 0 Å². The number of sulfonamides is 1. The Labute approximate surface area is 134 Å². The van der Waals surface area contributed by atoms with E-state index in [1.165, 1.54) is 36.4 Å². The summed E-state index contributed by atoms with van der Waals surface area (Å²) in [7, 11) is -3.91. The molecular weight excluding hydrogens is 379 g/mol. The lowest BCUT2D eigenvalue weighted by Gasteiger charge is -2.09. The van der Waals surface area contributed by atoms with Gasteiger partial charge in [-0.15, -0.1) is 0 Å². The van der Waals surface area contributed by atoms with Gasteiger partial charge in [0, 0.05) is 11.6 Å². The van der Waals surface area contributed by atoms with Gasteiger partial charge in [-0.25, -0.2) is 12.8 Å². The first-order valence-corrected chi connectivity index (χ1v) is 8.41. The van der Waals surface area contributed by atoms with Crippen molar-refractivity contribution in [2.24, 2.45) is 0 Å². The Kier molecular flexibility index (Phi) is 4.77. The van der Waals surface area contributed by atoms with Crippen molar-refractivity contribution in [2.75, 3.05) is 4.72 Å². The van der Waals surface area contributed by atoms with Crippen LogP contribution in [-0.2, 0) is 15.8 Å². The second-order valence-electron chi connectivity index (χ2n) is 4.38. The van der Waals surface area contributed by atoms with Crippen LogP contribution in [0.2, 0.25) is 0 Å². The Bertz CT molecular complexity index is 827. The van der Waals surface area contributed by atoms with E-state index in [0.717, 1.165) is 6.07 Å². The maximum absolute atomic E-state index is 13.4. The average molecular weight is 389 g/mol. The minimum Gasteiger partial charge on any atom is -0.283 e. The number of nitrogens with one attached hydrogen (secondary N) is 1. The molecule has 9 heteroatoms. The highest BCUT2D eigenvalue weighted by atomic mass is 79.9. The van der Waals surface area contributed by atoms with Gasteiger partial charge >= 0.3 is 0 Å². The molecule has 2 aromatic rings. The van der Waals surface area contributed by atoms with Gasteiger partial charge in [0.25, 0.3) is 5.69 Å². The summed E-state index contributed by atoms with van der Waals surface area (Å²) in [6, 6.07) is 9.30. The van der Waals surface area contributed by atoms with Gasteiger partial charge in [0.15, 0.2) is 0 Å². The number of nitrogens with zero attached hydrogens (tertiary/aromatic N) is 1. The number of anilines is 1. The molecular formula is C13H10BrFN2O4S. The van der Waals surface area contributed by atoms with Gasteiger partial charge in [0.1, 0.15) is 11.6 Å². The molecule has 0 amide bonds. The summed E-state index contributed by atoms with van der Waals surface area (Å²) in [4.78, 5) is 10.2. The lowest BCUT2D eigenvalue weighted by molar-refractivity contribution is -0.385. The highest BCUT2D eigenvalue weighted by molar-refractivity contribution is 9.10. The standard InChI is InChI=1S/C13H10BrFN2O4S/c14-11-6-5-10(7-12(11)15)16-22(20,21)8-9-3-1-2-4-13(9)17(18)19/h1-7,16H,8H2. The Hall–Kier alpha value is -2.00. The predicted molar refractivity (Wildman–Crippen MR) is 83.4 cm³/mol. The normalized spacial score (nSPS) is 11.2. The van der Waals surface area contributed by atoms with Crippen LogP contribution in [0, 0.1) is 15.9 Å². The second kappa shape index (κ2) is 6.41. The van der Waals surface area contributed by atoms with Crippen molar-refractivity contribution >= 4 is 37.3 Å². The van der Waals surface area contributed by atoms with Gasteiger partial charge in [-0.3, -0.25) is 14.8 Å². The third-order valence-corrected chi connectivity index (χ3v) is 4.61. The van der Waals surface area contributed by atoms with Crippen molar-refractivity contribution in [3.05, 3.63) is 68.4 Å². The number of rotatable bonds is 5. The largest absolute Gasteiger partial charge is 0.283 e. The molecule has 0 aliphatic rings. The van der Waals surface area contributed by atoms with Crippen LogP contribution in [0.15, 0.2) is 46.9 Å². The maximum Gasteiger partial charge on any atom is 0.273 e. The van der Waals surface area contributed by atoms with Gasteiger partial charge < -0.3 is 0 Å². The Balaban J connectivity index is 2.25. The van der Waals surface area contributed by atoms with Crippen LogP contribution in [0.5, 0.6) is 0 Å². The molecule has 0 unspecified atom stereocenters. The highest BCUT2D eigenvalue weighted by Gasteiger charge is 2.20. The number of hydrogen-bond donors (Lipinski definition) is 1. The molecule has 0 aliphatic carbocycles. The zero-order chi connectivity index (χ0) is 16.3. The molecule has 116 valence electrons. The first-order valence-electron chi connectivity index (χ1n) is 5.96. The topological polar surface area (TPSA) is 89.3 Å². The van der Waals surface area contributed by atoms with Crippen molar-refractivity contribution in [1.82, 2.24) is 0 Å². The van der Waals surface area contributed by atoms with E-state index in [1.807, 2.05) is 0 Å². The Morgan fingerprint density at radius 2 is 1.91 bits per heavy atom. The highest BCUT2D eigenvalue weighted by Crippen LogP contribution is 2.23. The van der Waals surface area contributed by atoms with Crippen LogP contribution in [0.1, 0.15) is 5.56 Å². The molecule has 0 bridgehead atoms. The summed E-state index contributed by atoms with van der Waals surface area (Å²) in [5, 5.41) is 10.9. The molecule has 2 aromatic carbocycles. The van der Waals surface area contributed by atoms with E-state index < -0.39 is 26.5 Å². The van der Waals surface area contributed by atoms with Gasteiger partial charge in [0.05, 0.1) is 15.1 Å². The molecule has 2 rings (SSSR count). The van der Waals surface area contributed by atoms with Crippen molar-refractivity contribution in [3.8, 4) is 0 Å². The first kappa shape index (κ1) is 16.4. The Morgan fingerprint density at radius 3 is 2.55 bits per heavy atom. The third-order valence-electron chi connectivity index (χ3n) is 2.73. The van der Waals surface area contributed by atoms with Crippen LogP contribution >= 0.6 is 15.9 Å². The van der Waals surface area contributed by atoms with E-state index in [1.54, 1.807) is 0 Å². The minimum absolute atomic E-state index is 0.0410. The summed E-state index contributed by atoms with van der Waals surface area (Å²) >= 11 is 2.96. The number of para-hydroxylation sites is 1. The fraction of sp³-hybridized carbons (Fsp3) is 0.0769. The van der Waals surface area contributed by atoms with Crippen molar-refractivity contribution in [2.45, 2.75) is 5.75 Å². The first-order chi connectivity index (χ1) is 10.3. The zero-order valence-electron chi connectivity index (χ0n) is 11.0. The molecule has 0 spiro atoms. The molecule has 0 heterocycles. The summed E-state index contributed by atoms with van der Waals surface area (Å²) in [6.07, 6.45) is 0. The predicted octanol–water partition coefficient (Wildman–Crippen LogP) is 3.44. The Morgan fingerprint density at radius 1 is 1.23 bits per heavy atom. The molecule has 1 N–H and O–H groups in total. The molecule has 0 fully saturated rings.